The van der Waals surface area contributed by atoms with E-state index in [9.17, 15) is 4.39 Å². The predicted octanol–water partition coefficient (Wildman–Crippen LogP) is 3.14. The van der Waals surface area contributed by atoms with Crippen LogP contribution in [-0.4, -0.2) is 15.0 Å². The van der Waals surface area contributed by atoms with E-state index in [0.717, 1.165) is 5.52 Å². The van der Waals surface area contributed by atoms with Gasteiger partial charge in [0.2, 0.25) is 0 Å². The molecule has 0 spiro atoms. The molecule has 2 aromatic carbocycles. The Hall–Kier alpha value is -2.34. The Balaban J connectivity index is 1.99. The van der Waals surface area contributed by atoms with Gasteiger partial charge in [-0.25, -0.2) is 9.07 Å². The number of ether oxygens (including phenoxy) is 1. The van der Waals surface area contributed by atoms with Crippen LogP contribution < -0.4 is 10.5 Å². The van der Waals surface area contributed by atoms with Crippen LogP contribution in [0.1, 0.15) is 0 Å². The minimum absolute atomic E-state index is 0.0215. The maximum absolute atomic E-state index is 13.6. The summed E-state index contributed by atoms with van der Waals surface area (Å²) in [6.45, 7) is 0. The third-order valence-corrected chi connectivity index (χ3v) is 3.24. The SMILES string of the molecule is Cn1nnc2cc(Oc3ccc(N)c(F)c3Cl)ccc21. The molecule has 3 aromatic rings. The number of nitrogens with zero attached hydrogens (tertiary/aromatic N) is 3. The van der Waals surface area contributed by atoms with Crippen molar-refractivity contribution in [2.24, 2.45) is 7.05 Å². The second-order valence-corrected chi connectivity index (χ2v) is 4.62. The lowest BCUT2D eigenvalue weighted by Crippen LogP contribution is -1.94. The standard InChI is InChI=1S/C13H10ClFN4O/c1-19-10-4-2-7(6-9(10)17-18-19)20-11-5-3-8(16)13(15)12(11)14/h2-6H,16H2,1H3. The van der Waals surface area contributed by atoms with Crippen molar-refractivity contribution in [3.8, 4) is 11.5 Å². The minimum atomic E-state index is -0.690. The molecule has 0 aliphatic rings. The predicted molar refractivity (Wildman–Crippen MR) is 74.4 cm³/mol. The lowest BCUT2D eigenvalue weighted by atomic mass is 10.2. The second kappa shape index (κ2) is 4.64. The van der Waals surface area contributed by atoms with Crippen molar-refractivity contribution < 1.29 is 9.13 Å². The lowest BCUT2D eigenvalue weighted by Gasteiger charge is -2.09. The monoisotopic (exact) mass is 292 g/mol. The molecule has 0 radical (unpaired) electrons. The molecule has 2 N–H and O–H groups in total. The molecule has 1 aromatic heterocycles. The summed E-state index contributed by atoms with van der Waals surface area (Å²) in [4.78, 5) is 0. The zero-order valence-electron chi connectivity index (χ0n) is 10.5. The van der Waals surface area contributed by atoms with E-state index in [1.54, 1.807) is 23.9 Å². The van der Waals surface area contributed by atoms with Crippen molar-refractivity contribution in [2.75, 3.05) is 5.73 Å². The van der Waals surface area contributed by atoms with E-state index in [-0.39, 0.29) is 16.5 Å². The van der Waals surface area contributed by atoms with Gasteiger partial charge in [0.05, 0.1) is 11.2 Å². The van der Waals surface area contributed by atoms with Gasteiger partial charge in [0.1, 0.15) is 22.0 Å². The number of halogens is 2. The molecule has 7 heteroatoms. The summed E-state index contributed by atoms with van der Waals surface area (Å²) in [6.07, 6.45) is 0. The van der Waals surface area contributed by atoms with Crippen LogP contribution >= 0.6 is 11.6 Å². The molecule has 0 fully saturated rings. The number of fused-ring (bicyclic) bond motifs is 1. The van der Waals surface area contributed by atoms with E-state index >= 15 is 0 Å². The number of benzene rings is 2. The zero-order chi connectivity index (χ0) is 14.3. The number of nitrogen functional groups attached to an aromatic ring is 1. The van der Waals surface area contributed by atoms with Crippen LogP contribution in [0.25, 0.3) is 11.0 Å². The molecule has 20 heavy (non-hydrogen) atoms. The van der Waals surface area contributed by atoms with Gasteiger partial charge in [0.25, 0.3) is 0 Å². The normalized spacial score (nSPS) is 10.9. The molecule has 0 aliphatic carbocycles. The fourth-order valence-corrected chi connectivity index (χ4v) is 2.05. The van der Waals surface area contributed by atoms with Gasteiger partial charge in [0.15, 0.2) is 5.82 Å². The number of hydrogen-bond acceptors (Lipinski definition) is 4. The smallest absolute Gasteiger partial charge is 0.168 e. The first kappa shape index (κ1) is 12.7. The number of aromatic nitrogens is 3. The quantitative estimate of drug-likeness (QED) is 0.737. The highest BCUT2D eigenvalue weighted by Crippen LogP contribution is 2.34. The Kier molecular flexibility index (Phi) is 2.94. The van der Waals surface area contributed by atoms with Crippen LogP contribution in [0.15, 0.2) is 30.3 Å². The molecule has 0 bridgehead atoms. The number of hydrogen-bond donors (Lipinski definition) is 1. The van der Waals surface area contributed by atoms with Crippen molar-refractivity contribution >= 4 is 28.3 Å². The average molecular weight is 293 g/mol. The summed E-state index contributed by atoms with van der Waals surface area (Å²) in [6, 6.07) is 8.16. The van der Waals surface area contributed by atoms with Gasteiger partial charge in [-0.2, -0.15) is 0 Å². The zero-order valence-corrected chi connectivity index (χ0v) is 11.2. The third-order valence-electron chi connectivity index (χ3n) is 2.89. The molecule has 0 saturated carbocycles. The van der Waals surface area contributed by atoms with Crippen LogP contribution in [0.2, 0.25) is 5.02 Å². The van der Waals surface area contributed by atoms with E-state index in [1.165, 1.54) is 12.1 Å². The van der Waals surface area contributed by atoms with Crippen LogP contribution in [0, 0.1) is 5.82 Å². The van der Waals surface area contributed by atoms with Gasteiger partial charge in [-0.15, -0.1) is 5.10 Å². The largest absolute Gasteiger partial charge is 0.456 e. The van der Waals surface area contributed by atoms with E-state index in [1.807, 2.05) is 6.07 Å². The number of anilines is 1. The van der Waals surface area contributed by atoms with E-state index in [2.05, 4.69) is 10.3 Å². The lowest BCUT2D eigenvalue weighted by molar-refractivity contribution is 0.478. The van der Waals surface area contributed by atoms with Gasteiger partial charge in [-0.05, 0) is 24.3 Å². The van der Waals surface area contributed by atoms with Gasteiger partial charge >= 0.3 is 0 Å². The Labute approximate surface area is 118 Å². The Morgan fingerprint density at radius 1 is 1.30 bits per heavy atom. The molecule has 0 aliphatic heterocycles. The van der Waals surface area contributed by atoms with Crippen LogP contribution in [0.4, 0.5) is 10.1 Å². The molecule has 102 valence electrons. The van der Waals surface area contributed by atoms with Gasteiger partial charge < -0.3 is 10.5 Å². The second-order valence-electron chi connectivity index (χ2n) is 4.25. The summed E-state index contributed by atoms with van der Waals surface area (Å²) in [5, 5.41) is 7.73. The topological polar surface area (TPSA) is 66.0 Å². The Bertz CT molecular complexity index is 802. The molecule has 0 saturated heterocycles. The minimum Gasteiger partial charge on any atom is -0.456 e. The fourth-order valence-electron chi connectivity index (χ4n) is 1.84. The summed E-state index contributed by atoms with van der Waals surface area (Å²) < 4.78 is 20.8. The van der Waals surface area contributed by atoms with Crippen molar-refractivity contribution in [3.63, 3.8) is 0 Å². The molecule has 0 atom stereocenters. The summed E-state index contributed by atoms with van der Waals surface area (Å²) in [7, 11) is 1.79. The van der Waals surface area contributed by atoms with Crippen molar-refractivity contribution in [3.05, 3.63) is 41.2 Å². The molecule has 1 heterocycles. The van der Waals surface area contributed by atoms with Crippen molar-refractivity contribution in [1.29, 1.82) is 0 Å². The first-order valence-electron chi connectivity index (χ1n) is 5.77. The Morgan fingerprint density at radius 3 is 2.90 bits per heavy atom. The van der Waals surface area contributed by atoms with Crippen LogP contribution in [-0.2, 0) is 7.05 Å². The molecule has 3 rings (SSSR count). The summed E-state index contributed by atoms with van der Waals surface area (Å²) in [5.74, 6) is -0.00424. The molecule has 0 amide bonds. The van der Waals surface area contributed by atoms with Gasteiger partial charge in [-0.3, -0.25) is 0 Å². The maximum Gasteiger partial charge on any atom is 0.168 e. The highest BCUT2D eigenvalue weighted by molar-refractivity contribution is 6.32. The molecular formula is C13H10ClFN4O. The highest BCUT2D eigenvalue weighted by atomic mass is 35.5. The maximum atomic E-state index is 13.6. The van der Waals surface area contributed by atoms with Gasteiger partial charge in [-0.1, -0.05) is 16.8 Å². The molecule has 0 unspecified atom stereocenters. The van der Waals surface area contributed by atoms with E-state index < -0.39 is 5.82 Å². The number of nitrogens with two attached hydrogens (primary N) is 1. The number of aryl methyl sites for hydroxylation is 1. The Morgan fingerprint density at radius 2 is 2.10 bits per heavy atom. The fraction of sp³-hybridized carbons (Fsp3) is 0.0769. The average Bonchev–Trinajstić information content (AvgIpc) is 2.81. The summed E-state index contributed by atoms with van der Waals surface area (Å²) >= 11 is 5.86. The first-order chi connectivity index (χ1) is 9.56. The summed E-state index contributed by atoms with van der Waals surface area (Å²) in [5.41, 5.74) is 6.95. The molecular weight excluding hydrogens is 283 g/mol. The highest BCUT2D eigenvalue weighted by Gasteiger charge is 2.12. The van der Waals surface area contributed by atoms with E-state index in [4.69, 9.17) is 22.1 Å². The third kappa shape index (κ3) is 2.04. The van der Waals surface area contributed by atoms with Crippen molar-refractivity contribution in [2.45, 2.75) is 0 Å². The van der Waals surface area contributed by atoms with Crippen LogP contribution in [0.5, 0.6) is 11.5 Å². The number of rotatable bonds is 2. The van der Waals surface area contributed by atoms with Crippen molar-refractivity contribution in [1.82, 2.24) is 15.0 Å². The van der Waals surface area contributed by atoms with E-state index in [0.29, 0.717) is 11.3 Å². The van der Waals surface area contributed by atoms with Crippen LogP contribution in [0.3, 0.4) is 0 Å². The molecule has 5 nitrogen and oxygen atoms in total. The first-order valence-corrected chi connectivity index (χ1v) is 6.15. The van der Waals surface area contributed by atoms with Gasteiger partial charge in [0, 0.05) is 13.1 Å².